The molecule has 9 heteroatoms. The lowest BCUT2D eigenvalue weighted by atomic mass is 10.2. The molecule has 3 N–H and O–H groups in total. The van der Waals surface area contributed by atoms with Crippen LogP contribution in [0.2, 0.25) is 5.02 Å². The van der Waals surface area contributed by atoms with Gasteiger partial charge in [-0.25, -0.2) is 13.4 Å². The smallest absolute Gasteiger partial charge is 0.171 e. The number of oxime groups is 1. The van der Waals surface area contributed by atoms with Crippen molar-refractivity contribution in [3.63, 3.8) is 0 Å². The summed E-state index contributed by atoms with van der Waals surface area (Å²) in [6, 6.07) is 1.54. The molecule has 0 amide bonds. The molecule has 0 spiro atoms. The lowest BCUT2D eigenvalue weighted by Crippen LogP contribution is -2.28. The van der Waals surface area contributed by atoms with Crippen LogP contribution in [0, 0.1) is 0 Å². The highest BCUT2D eigenvalue weighted by Gasteiger charge is 2.22. The van der Waals surface area contributed by atoms with Crippen molar-refractivity contribution in [2.24, 2.45) is 10.9 Å². The Morgan fingerprint density at radius 3 is 2.90 bits per heavy atom. The number of halogens is 1. The maximum Gasteiger partial charge on any atom is 0.171 e. The molecule has 0 atom stereocenters. The van der Waals surface area contributed by atoms with Crippen molar-refractivity contribution in [3.8, 4) is 0 Å². The molecule has 0 aromatic carbocycles. The van der Waals surface area contributed by atoms with Gasteiger partial charge in [-0.05, 0) is 12.5 Å². The van der Waals surface area contributed by atoms with Crippen LogP contribution in [0.3, 0.4) is 0 Å². The van der Waals surface area contributed by atoms with Gasteiger partial charge in [-0.2, -0.15) is 0 Å². The molecule has 2 heterocycles. The highest BCUT2D eigenvalue weighted by molar-refractivity contribution is 7.91. The minimum atomic E-state index is -3.01. The fourth-order valence-electron chi connectivity index (χ4n) is 2.06. The SMILES string of the molecule is N/C(=N/O)c1ccnc(N2CCCS(=O)(=O)CC2)c1Cl. The molecule has 1 aliphatic rings. The lowest BCUT2D eigenvalue weighted by Gasteiger charge is -2.22. The van der Waals surface area contributed by atoms with Crippen molar-refractivity contribution < 1.29 is 13.6 Å². The summed E-state index contributed by atoms with van der Waals surface area (Å²) in [5, 5.41) is 11.9. The van der Waals surface area contributed by atoms with Crippen LogP contribution in [0.1, 0.15) is 12.0 Å². The molecule has 0 saturated carbocycles. The van der Waals surface area contributed by atoms with Crippen molar-refractivity contribution in [2.45, 2.75) is 6.42 Å². The number of pyridine rings is 1. The van der Waals surface area contributed by atoms with E-state index in [1.165, 1.54) is 12.3 Å². The van der Waals surface area contributed by atoms with Gasteiger partial charge in [0.05, 0.1) is 16.5 Å². The zero-order chi connectivity index (χ0) is 14.8. The van der Waals surface area contributed by atoms with Crippen LogP contribution in [-0.2, 0) is 9.84 Å². The molecular formula is C11H15ClN4O3S. The van der Waals surface area contributed by atoms with Gasteiger partial charge < -0.3 is 15.8 Å². The Balaban J connectivity index is 2.34. The van der Waals surface area contributed by atoms with Crippen LogP contribution in [0.5, 0.6) is 0 Å². The zero-order valence-electron chi connectivity index (χ0n) is 10.7. The fourth-order valence-corrected chi connectivity index (χ4v) is 3.65. The van der Waals surface area contributed by atoms with Crippen molar-refractivity contribution in [1.29, 1.82) is 0 Å². The Bertz CT molecular complexity index is 633. The first-order valence-corrected chi connectivity index (χ1v) is 8.22. The number of rotatable bonds is 2. The standard InChI is InChI=1S/C11H15ClN4O3S/c12-9-8(10(13)15-17)2-3-14-11(9)16-4-1-6-20(18,19)7-5-16/h2-3,17H,1,4-7H2,(H2,13,15). The molecule has 0 aliphatic carbocycles. The molecule has 7 nitrogen and oxygen atoms in total. The summed E-state index contributed by atoms with van der Waals surface area (Å²) in [5.41, 5.74) is 5.91. The summed E-state index contributed by atoms with van der Waals surface area (Å²) in [6.07, 6.45) is 2.02. The number of hydrogen-bond donors (Lipinski definition) is 2. The molecule has 1 aromatic heterocycles. The fraction of sp³-hybridized carbons (Fsp3) is 0.455. The second kappa shape index (κ2) is 5.84. The van der Waals surface area contributed by atoms with E-state index in [1.54, 1.807) is 4.90 Å². The maximum atomic E-state index is 11.6. The van der Waals surface area contributed by atoms with Gasteiger partial charge in [-0.1, -0.05) is 16.8 Å². The third kappa shape index (κ3) is 3.13. The quantitative estimate of drug-likeness (QED) is 0.355. The van der Waals surface area contributed by atoms with E-state index >= 15 is 0 Å². The van der Waals surface area contributed by atoms with Gasteiger partial charge in [0.25, 0.3) is 0 Å². The Kier molecular flexibility index (Phi) is 4.34. The van der Waals surface area contributed by atoms with E-state index in [2.05, 4.69) is 10.1 Å². The Labute approximate surface area is 122 Å². The number of hydrogen-bond acceptors (Lipinski definition) is 6. The Hall–Kier alpha value is -1.54. The average molecular weight is 319 g/mol. The number of sulfone groups is 1. The third-order valence-electron chi connectivity index (χ3n) is 3.11. The molecule has 2 rings (SSSR count). The number of anilines is 1. The van der Waals surface area contributed by atoms with Crippen LogP contribution in [0.25, 0.3) is 0 Å². The minimum absolute atomic E-state index is 0.0683. The predicted molar refractivity (Wildman–Crippen MR) is 77.2 cm³/mol. The molecule has 0 unspecified atom stereocenters. The van der Waals surface area contributed by atoms with E-state index in [0.717, 1.165) is 0 Å². The molecule has 0 bridgehead atoms. The van der Waals surface area contributed by atoms with Gasteiger partial charge in [0.15, 0.2) is 15.7 Å². The molecular weight excluding hydrogens is 304 g/mol. The van der Waals surface area contributed by atoms with Crippen LogP contribution < -0.4 is 10.6 Å². The molecule has 110 valence electrons. The van der Waals surface area contributed by atoms with Crippen LogP contribution in [0.15, 0.2) is 17.4 Å². The van der Waals surface area contributed by atoms with E-state index in [9.17, 15) is 8.42 Å². The second-order valence-corrected chi connectivity index (χ2v) is 7.16. The van der Waals surface area contributed by atoms with Crippen molar-refractivity contribution in [1.82, 2.24) is 4.98 Å². The van der Waals surface area contributed by atoms with Gasteiger partial charge in [0, 0.05) is 24.8 Å². The minimum Gasteiger partial charge on any atom is -0.409 e. The first-order chi connectivity index (χ1) is 9.44. The van der Waals surface area contributed by atoms with E-state index in [1.807, 2.05) is 0 Å². The normalized spacial score (nSPS) is 19.6. The number of aromatic nitrogens is 1. The molecule has 1 aliphatic heterocycles. The first kappa shape index (κ1) is 14.9. The second-order valence-electron chi connectivity index (χ2n) is 4.47. The highest BCUT2D eigenvalue weighted by atomic mass is 35.5. The van der Waals surface area contributed by atoms with Gasteiger partial charge in [0.2, 0.25) is 0 Å². The molecule has 1 aromatic rings. The lowest BCUT2D eigenvalue weighted by molar-refractivity contribution is 0.318. The van der Waals surface area contributed by atoms with Gasteiger partial charge in [-0.15, -0.1) is 0 Å². The largest absolute Gasteiger partial charge is 0.409 e. The van der Waals surface area contributed by atoms with E-state index < -0.39 is 9.84 Å². The number of nitrogens with zero attached hydrogens (tertiary/aromatic N) is 3. The first-order valence-electron chi connectivity index (χ1n) is 6.02. The van der Waals surface area contributed by atoms with E-state index in [4.69, 9.17) is 22.5 Å². The molecule has 1 saturated heterocycles. The Morgan fingerprint density at radius 1 is 1.45 bits per heavy atom. The molecule has 20 heavy (non-hydrogen) atoms. The molecule has 1 fully saturated rings. The average Bonchev–Trinajstić information content (AvgIpc) is 2.59. The van der Waals surface area contributed by atoms with Crippen molar-refractivity contribution >= 4 is 33.1 Å². The van der Waals surface area contributed by atoms with E-state index in [0.29, 0.717) is 30.9 Å². The third-order valence-corrected chi connectivity index (χ3v) is 5.20. The Morgan fingerprint density at radius 2 is 2.20 bits per heavy atom. The summed E-state index contributed by atoms with van der Waals surface area (Å²) in [5.74, 6) is 0.578. The molecule has 0 radical (unpaired) electrons. The summed E-state index contributed by atoms with van der Waals surface area (Å²) in [6.45, 7) is 0.875. The monoisotopic (exact) mass is 318 g/mol. The van der Waals surface area contributed by atoms with Crippen molar-refractivity contribution in [2.75, 3.05) is 29.5 Å². The highest BCUT2D eigenvalue weighted by Crippen LogP contribution is 2.27. The number of amidine groups is 1. The summed E-state index contributed by atoms with van der Waals surface area (Å²) in [7, 11) is -3.01. The number of nitrogens with two attached hydrogens (primary N) is 1. The maximum absolute atomic E-state index is 11.6. The van der Waals surface area contributed by atoms with Crippen LogP contribution in [-0.4, -0.2) is 49.0 Å². The van der Waals surface area contributed by atoms with Crippen LogP contribution >= 0.6 is 11.6 Å². The van der Waals surface area contributed by atoms with Gasteiger partial charge in [0.1, 0.15) is 5.82 Å². The predicted octanol–water partition coefficient (Wildman–Crippen LogP) is 0.454. The summed E-state index contributed by atoms with van der Waals surface area (Å²) >= 11 is 6.21. The topological polar surface area (TPSA) is 109 Å². The summed E-state index contributed by atoms with van der Waals surface area (Å²) in [4.78, 5) is 5.98. The zero-order valence-corrected chi connectivity index (χ0v) is 12.2. The van der Waals surface area contributed by atoms with Crippen molar-refractivity contribution in [3.05, 3.63) is 22.8 Å². The van der Waals surface area contributed by atoms with Gasteiger partial charge in [-0.3, -0.25) is 0 Å². The van der Waals surface area contributed by atoms with Crippen LogP contribution in [0.4, 0.5) is 5.82 Å². The summed E-state index contributed by atoms with van der Waals surface area (Å²) < 4.78 is 23.2. The van der Waals surface area contributed by atoms with E-state index in [-0.39, 0.29) is 22.4 Å². The van der Waals surface area contributed by atoms with Gasteiger partial charge >= 0.3 is 0 Å².